The summed E-state index contributed by atoms with van der Waals surface area (Å²) < 4.78 is 25.4. The van der Waals surface area contributed by atoms with Crippen LogP contribution in [-0.4, -0.2) is 4.92 Å². The van der Waals surface area contributed by atoms with Crippen LogP contribution in [0.3, 0.4) is 0 Å². The maximum Gasteiger partial charge on any atom is 0.293 e. The van der Waals surface area contributed by atoms with E-state index in [9.17, 15) is 18.9 Å². The third-order valence-electron chi connectivity index (χ3n) is 1.28. The summed E-state index contributed by atoms with van der Waals surface area (Å²) >= 11 is 10.3. The van der Waals surface area contributed by atoms with Crippen molar-refractivity contribution in [1.82, 2.24) is 0 Å². The summed E-state index contributed by atoms with van der Waals surface area (Å²) in [4.78, 5) is 9.19. The molecule has 0 aliphatic carbocycles. The lowest BCUT2D eigenvalue weighted by Crippen LogP contribution is -1.94. The van der Waals surface area contributed by atoms with E-state index in [-0.39, 0.29) is 0 Å². The van der Waals surface area contributed by atoms with E-state index in [0.717, 1.165) is 0 Å². The summed E-state index contributed by atoms with van der Waals surface area (Å²) in [5, 5.41) is 8.54. The van der Waals surface area contributed by atoms with E-state index in [2.05, 4.69) is 0 Å². The van der Waals surface area contributed by atoms with Gasteiger partial charge in [0.15, 0.2) is 16.7 Å². The van der Waals surface area contributed by atoms with E-state index >= 15 is 0 Å². The molecule has 7 heteroatoms. The van der Waals surface area contributed by atoms with Crippen molar-refractivity contribution < 1.29 is 13.7 Å². The number of benzene rings is 1. The van der Waals surface area contributed by atoms with Gasteiger partial charge in [0.1, 0.15) is 5.02 Å². The topological polar surface area (TPSA) is 43.1 Å². The largest absolute Gasteiger partial charge is 0.293 e. The Morgan fingerprint density at radius 3 is 2.31 bits per heavy atom. The second kappa shape index (κ2) is 3.43. The molecule has 0 bridgehead atoms. The Labute approximate surface area is 81.0 Å². The quantitative estimate of drug-likeness (QED) is 0.320. The van der Waals surface area contributed by atoms with Crippen LogP contribution in [0.15, 0.2) is 6.07 Å². The van der Waals surface area contributed by atoms with Crippen molar-refractivity contribution in [2.24, 2.45) is 0 Å². The van der Waals surface area contributed by atoms with Crippen molar-refractivity contribution in [2.45, 2.75) is 0 Å². The smallest absolute Gasteiger partial charge is 0.258 e. The molecule has 0 fully saturated rings. The van der Waals surface area contributed by atoms with Gasteiger partial charge in [0, 0.05) is 0 Å². The van der Waals surface area contributed by atoms with E-state index in [4.69, 9.17) is 23.2 Å². The van der Waals surface area contributed by atoms with Crippen LogP contribution >= 0.6 is 23.2 Å². The molecule has 1 aromatic carbocycles. The van der Waals surface area contributed by atoms with Crippen molar-refractivity contribution >= 4 is 28.9 Å². The van der Waals surface area contributed by atoms with E-state index in [1.165, 1.54) is 0 Å². The molecule has 0 atom stereocenters. The SMILES string of the molecule is O=[N+]([O-])c1cc(F)c(Cl)c(F)c1Cl. The van der Waals surface area contributed by atoms with Gasteiger partial charge in [0.2, 0.25) is 0 Å². The highest BCUT2D eigenvalue weighted by Crippen LogP contribution is 2.33. The van der Waals surface area contributed by atoms with Gasteiger partial charge in [-0.3, -0.25) is 10.1 Å². The summed E-state index contributed by atoms with van der Waals surface area (Å²) in [6.45, 7) is 0. The van der Waals surface area contributed by atoms with Crippen molar-refractivity contribution in [2.75, 3.05) is 0 Å². The van der Waals surface area contributed by atoms with Crippen LogP contribution in [0.4, 0.5) is 14.5 Å². The third-order valence-corrected chi connectivity index (χ3v) is 1.99. The van der Waals surface area contributed by atoms with Gasteiger partial charge < -0.3 is 0 Å². The van der Waals surface area contributed by atoms with Gasteiger partial charge in [-0.25, -0.2) is 8.78 Å². The molecule has 0 aromatic heterocycles. The lowest BCUT2D eigenvalue weighted by molar-refractivity contribution is -0.385. The maximum atomic E-state index is 12.8. The fourth-order valence-electron chi connectivity index (χ4n) is 0.693. The van der Waals surface area contributed by atoms with Crippen molar-refractivity contribution in [3.05, 3.63) is 37.9 Å². The number of nitro groups is 1. The molecule has 1 aromatic rings. The first-order valence-corrected chi connectivity index (χ1v) is 3.68. The van der Waals surface area contributed by atoms with Crippen LogP contribution in [-0.2, 0) is 0 Å². The summed E-state index contributed by atoms with van der Waals surface area (Å²) in [6, 6.07) is 0.466. The fourth-order valence-corrected chi connectivity index (χ4v) is 1.11. The Balaban J connectivity index is 3.50. The molecular formula is C6HCl2F2NO2. The molecule has 70 valence electrons. The Morgan fingerprint density at radius 2 is 1.85 bits per heavy atom. The second-order valence-electron chi connectivity index (χ2n) is 2.08. The molecule has 3 nitrogen and oxygen atoms in total. The zero-order valence-corrected chi connectivity index (χ0v) is 7.36. The number of hydrogen-bond donors (Lipinski definition) is 0. The minimum Gasteiger partial charge on any atom is -0.258 e. The standard InChI is InChI=1S/C6HCl2F2NO2/c7-4-2(9)1-3(11(12)13)5(8)6(4)10/h1H. The molecule has 0 spiro atoms. The molecule has 0 unspecified atom stereocenters. The Kier molecular flexibility index (Phi) is 2.68. The molecule has 0 saturated carbocycles. The minimum atomic E-state index is -1.32. The van der Waals surface area contributed by atoms with Gasteiger partial charge in [-0.15, -0.1) is 0 Å². The Bertz CT molecular complexity index is 383. The average Bonchev–Trinajstić information content (AvgIpc) is 2.07. The molecule has 0 aliphatic rings. The van der Waals surface area contributed by atoms with Gasteiger partial charge >= 0.3 is 0 Å². The van der Waals surface area contributed by atoms with Crippen LogP contribution in [0.5, 0.6) is 0 Å². The highest BCUT2D eigenvalue weighted by Gasteiger charge is 2.22. The molecule has 0 amide bonds. The summed E-state index contributed by atoms with van der Waals surface area (Å²) in [6.07, 6.45) is 0. The first kappa shape index (κ1) is 10.1. The summed E-state index contributed by atoms with van der Waals surface area (Å²) in [7, 11) is 0. The van der Waals surface area contributed by atoms with E-state index < -0.39 is 32.3 Å². The van der Waals surface area contributed by atoms with Crippen LogP contribution in [0.2, 0.25) is 10.0 Å². The normalized spacial score (nSPS) is 10.2. The number of halogens is 4. The minimum absolute atomic E-state index is 0.466. The number of nitro benzene ring substituents is 1. The Morgan fingerprint density at radius 1 is 1.31 bits per heavy atom. The van der Waals surface area contributed by atoms with Crippen LogP contribution in [0.25, 0.3) is 0 Å². The van der Waals surface area contributed by atoms with Crippen LogP contribution in [0, 0.1) is 21.7 Å². The highest BCUT2D eigenvalue weighted by molar-refractivity contribution is 6.36. The van der Waals surface area contributed by atoms with Gasteiger partial charge in [0.05, 0.1) is 11.0 Å². The molecule has 0 aliphatic heterocycles. The number of hydrogen-bond acceptors (Lipinski definition) is 2. The van der Waals surface area contributed by atoms with Gasteiger partial charge in [-0.1, -0.05) is 23.2 Å². The van der Waals surface area contributed by atoms with E-state index in [1.54, 1.807) is 0 Å². The predicted molar refractivity (Wildman–Crippen MR) is 43.0 cm³/mol. The number of rotatable bonds is 1. The van der Waals surface area contributed by atoms with E-state index in [1.807, 2.05) is 0 Å². The maximum absolute atomic E-state index is 12.8. The predicted octanol–water partition coefficient (Wildman–Crippen LogP) is 3.18. The zero-order chi connectivity index (χ0) is 10.2. The first-order valence-electron chi connectivity index (χ1n) is 2.92. The molecule has 13 heavy (non-hydrogen) atoms. The first-order chi connectivity index (χ1) is 5.95. The van der Waals surface area contributed by atoms with Crippen LogP contribution in [0.1, 0.15) is 0 Å². The fraction of sp³-hybridized carbons (Fsp3) is 0. The molecule has 0 radical (unpaired) electrons. The highest BCUT2D eigenvalue weighted by atomic mass is 35.5. The molecule has 1 rings (SSSR count). The van der Waals surface area contributed by atoms with Gasteiger partial charge in [-0.05, 0) is 0 Å². The zero-order valence-electron chi connectivity index (χ0n) is 5.85. The lowest BCUT2D eigenvalue weighted by atomic mass is 10.3. The van der Waals surface area contributed by atoms with Crippen molar-refractivity contribution in [3.8, 4) is 0 Å². The number of nitrogens with zero attached hydrogens (tertiary/aromatic N) is 1. The summed E-state index contributed by atoms with van der Waals surface area (Å²) in [5.41, 5.74) is -0.846. The summed E-state index contributed by atoms with van der Waals surface area (Å²) in [5.74, 6) is -2.54. The van der Waals surface area contributed by atoms with E-state index in [0.29, 0.717) is 6.07 Å². The molecule has 0 saturated heterocycles. The average molecular weight is 228 g/mol. The molecule has 0 N–H and O–H groups in total. The van der Waals surface area contributed by atoms with Gasteiger partial charge in [0.25, 0.3) is 5.69 Å². The monoisotopic (exact) mass is 227 g/mol. The second-order valence-corrected chi connectivity index (χ2v) is 2.83. The van der Waals surface area contributed by atoms with Crippen molar-refractivity contribution in [1.29, 1.82) is 0 Å². The lowest BCUT2D eigenvalue weighted by Gasteiger charge is -1.99. The Hall–Kier alpha value is -0.940. The molecular weight excluding hydrogens is 227 g/mol. The third kappa shape index (κ3) is 1.71. The van der Waals surface area contributed by atoms with Gasteiger partial charge in [-0.2, -0.15) is 0 Å². The van der Waals surface area contributed by atoms with Crippen molar-refractivity contribution in [3.63, 3.8) is 0 Å². The molecule has 0 heterocycles. The van der Waals surface area contributed by atoms with Crippen LogP contribution < -0.4 is 0 Å².